The van der Waals surface area contributed by atoms with Crippen LogP contribution in [0.25, 0.3) is 0 Å². The van der Waals surface area contributed by atoms with Crippen molar-refractivity contribution in [1.29, 1.82) is 0 Å². The molecule has 0 unspecified atom stereocenters. The van der Waals surface area contributed by atoms with Gasteiger partial charge in [-0.25, -0.2) is 0 Å². The van der Waals surface area contributed by atoms with Gasteiger partial charge < -0.3 is 14.5 Å². The van der Waals surface area contributed by atoms with Gasteiger partial charge >= 0.3 is 0 Å². The van der Waals surface area contributed by atoms with E-state index in [4.69, 9.17) is 11.2 Å². The first-order chi connectivity index (χ1) is 12.7. The lowest BCUT2D eigenvalue weighted by Crippen LogP contribution is -2.49. The number of hydrogen-bond acceptors (Lipinski definition) is 6. The summed E-state index contributed by atoms with van der Waals surface area (Å²) in [7, 11) is 0. The van der Waals surface area contributed by atoms with E-state index in [1.165, 1.54) is 0 Å². The molecule has 7 nitrogen and oxygen atoms in total. The lowest BCUT2D eigenvalue weighted by atomic mass is 10.0. The van der Waals surface area contributed by atoms with Crippen LogP contribution in [0.3, 0.4) is 0 Å². The first kappa shape index (κ1) is 18.2. The van der Waals surface area contributed by atoms with Gasteiger partial charge in [0, 0.05) is 57.9 Å². The Labute approximate surface area is 154 Å². The largest absolute Gasteiger partial charge is 0.478 e. The normalized spacial score (nSPS) is 17.7. The molecule has 1 fully saturated rings. The molecule has 3 rings (SSSR count). The molecule has 138 valence electrons. The van der Waals surface area contributed by atoms with Gasteiger partial charge in [-0.3, -0.25) is 4.79 Å². The topological polar surface area (TPSA) is 70.4 Å². The van der Waals surface area contributed by atoms with E-state index in [0.717, 1.165) is 25.3 Å². The monoisotopic (exact) mass is 355 g/mol. The van der Waals surface area contributed by atoms with Crippen LogP contribution in [0.2, 0.25) is 0 Å². The number of ether oxygens (including phenoxy) is 1. The van der Waals surface area contributed by atoms with Crippen LogP contribution >= 0.6 is 0 Å². The van der Waals surface area contributed by atoms with E-state index in [2.05, 4.69) is 26.0 Å². The average molecular weight is 355 g/mol. The minimum atomic E-state index is -0.381. The second-order valence-electron chi connectivity index (χ2n) is 6.52. The number of hydrogen-bond donors (Lipinski definition) is 0. The summed E-state index contributed by atoms with van der Waals surface area (Å²) >= 11 is 0. The summed E-state index contributed by atoms with van der Waals surface area (Å²) in [6.07, 6.45) is 7.81. The molecule has 1 aromatic rings. The molecule has 1 amide bonds. The summed E-state index contributed by atoms with van der Waals surface area (Å²) in [4.78, 5) is 21.1. The maximum Gasteiger partial charge on any atom is 0.222 e. The molecule has 0 saturated carbocycles. The molecule has 1 aromatic heterocycles. The number of carbonyl (C=O) groups is 1. The zero-order chi connectivity index (χ0) is 18.4. The number of piperazine rings is 1. The fraction of sp³-hybridized carbons (Fsp3) is 0.579. The van der Waals surface area contributed by atoms with Crippen molar-refractivity contribution in [3.05, 3.63) is 18.2 Å². The van der Waals surface area contributed by atoms with Crippen molar-refractivity contribution in [2.75, 3.05) is 37.7 Å². The SMILES string of the molecule is C#CCCC1(CCC(=O)N2CCN(c3cccc(OCC)n3)CC2)N=N1. The minimum Gasteiger partial charge on any atom is -0.478 e. The van der Waals surface area contributed by atoms with Crippen molar-refractivity contribution < 1.29 is 9.53 Å². The summed E-state index contributed by atoms with van der Waals surface area (Å²) in [6, 6.07) is 5.78. The van der Waals surface area contributed by atoms with Crippen molar-refractivity contribution >= 4 is 11.7 Å². The number of rotatable bonds is 8. The highest BCUT2D eigenvalue weighted by Crippen LogP contribution is 2.37. The van der Waals surface area contributed by atoms with Crippen LogP contribution in [-0.2, 0) is 4.79 Å². The standard InChI is InChI=1S/C19H25N5O2/c1-3-5-10-19(21-22-19)11-9-18(25)24-14-12-23(13-15-24)16-7-6-8-17(20-16)26-4-2/h1,6-8H,4-5,9-15H2,2H3. The minimum absolute atomic E-state index is 0.165. The molecule has 2 aliphatic heterocycles. The van der Waals surface area contributed by atoms with Crippen LogP contribution in [0.1, 0.15) is 32.6 Å². The molecule has 0 bridgehead atoms. The molecule has 26 heavy (non-hydrogen) atoms. The Hall–Kier alpha value is -2.62. The lowest BCUT2D eigenvalue weighted by molar-refractivity contribution is -0.131. The van der Waals surface area contributed by atoms with Gasteiger partial charge in [-0.2, -0.15) is 15.2 Å². The number of terminal acetylenes is 1. The van der Waals surface area contributed by atoms with Gasteiger partial charge in [-0.1, -0.05) is 6.07 Å². The fourth-order valence-electron chi connectivity index (χ4n) is 3.13. The summed E-state index contributed by atoms with van der Waals surface area (Å²) in [5.74, 6) is 4.31. The van der Waals surface area contributed by atoms with Crippen LogP contribution in [0.5, 0.6) is 5.88 Å². The van der Waals surface area contributed by atoms with E-state index >= 15 is 0 Å². The van der Waals surface area contributed by atoms with Crippen LogP contribution in [0, 0.1) is 12.3 Å². The molecule has 0 aromatic carbocycles. The van der Waals surface area contributed by atoms with Gasteiger partial charge in [0.1, 0.15) is 5.82 Å². The Morgan fingerprint density at radius 1 is 1.27 bits per heavy atom. The highest BCUT2D eigenvalue weighted by molar-refractivity contribution is 5.76. The second kappa shape index (κ2) is 8.17. The maximum atomic E-state index is 12.5. The maximum absolute atomic E-state index is 12.5. The van der Waals surface area contributed by atoms with Crippen molar-refractivity contribution in [3.63, 3.8) is 0 Å². The molecule has 1 saturated heterocycles. The molecule has 2 aliphatic rings. The first-order valence-corrected chi connectivity index (χ1v) is 9.16. The third-order valence-corrected chi connectivity index (χ3v) is 4.75. The van der Waals surface area contributed by atoms with E-state index in [-0.39, 0.29) is 11.6 Å². The number of aromatic nitrogens is 1. The molecule has 0 aliphatic carbocycles. The van der Waals surface area contributed by atoms with Crippen LogP contribution < -0.4 is 9.64 Å². The highest BCUT2D eigenvalue weighted by atomic mass is 16.5. The number of amides is 1. The zero-order valence-electron chi connectivity index (χ0n) is 15.2. The van der Waals surface area contributed by atoms with E-state index in [9.17, 15) is 4.79 Å². The van der Waals surface area contributed by atoms with Gasteiger partial charge in [0.05, 0.1) is 6.61 Å². The Kier molecular flexibility index (Phi) is 5.71. The molecule has 0 radical (unpaired) electrons. The molecule has 3 heterocycles. The van der Waals surface area contributed by atoms with Gasteiger partial charge in [-0.15, -0.1) is 12.3 Å². The predicted octanol–water partition coefficient (Wildman–Crippen LogP) is 2.48. The summed E-state index contributed by atoms with van der Waals surface area (Å²) in [6.45, 7) is 5.48. The number of anilines is 1. The van der Waals surface area contributed by atoms with Gasteiger partial charge in [0.15, 0.2) is 5.66 Å². The number of carbonyl (C=O) groups excluding carboxylic acids is 1. The molecular formula is C19H25N5O2. The third-order valence-electron chi connectivity index (χ3n) is 4.75. The molecule has 0 spiro atoms. The Balaban J connectivity index is 1.45. The van der Waals surface area contributed by atoms with Crippen molar-refractivity contribution in [3.8, 4) is 18.2 Å². The van der Waals surface area contributed by atoms with Crippen molar-refractivity contribution in [2.45, 2.75) is 38.3 Å². The Morgan fingerprint density at radius 3 is 2.69 bits per heavy atom. The third kappa shape index (κ3) is 4.51. The number of pyridine rings is 1. The average Bonchev–Trinajstić information content (AvgIpc) is 3.45. The molecular weight excluding hydrogens is 330 g/mol. The zero-order valence-corrected chi connectivity index (χ0v) is 15.2. The molecule has 7 heteroatoms. The van der Waals surface area contributed by atoms with Gasteiger partial charge in [0.2, 0.25) is 11.8 Å². The van der Waals surface area contributed by atoms with Crippen LogP contribution in [0.4, 0.5) is 5.82 Å². The lowest BCUT2D eigenvalue weighted by Gasteiger charge is -2.35. The van der Waals surface area contributed by atoms with E-state index in [0.29, 0.717) is 44.8 Å². The first-order valence-electron chi connectivity index (χ1n) is 9.16. The van der Waals surface area contributed by atoms with Gasteiger partial charge in [-0.05, 0) is 13.0 Å². The second-order valence-corrected chi connectivity index (χ2v) is 6.52. The van der Waals surface area contributed by atoms with E-state index < -0.39 is 0 Å². The fourth-order valence-corrected chi connectivity index (χ4v) is 3.13. The van der Waals surface area contributed by atoms with E-state index in [1.54, 1.807) is 0 Å². The smallest absolute Gasteiger partial charge is 0.222 e. The summed E-state index contributed by atoms with van der Waals surface area (Å²) in [5, 5.41) is 8.19. The Bertz CT molecular complexity index is 698. The van der Waals surface area contributed by atoms with E-state index in [1.807, 2.05) is 30.0 Å². The predicted molar refractivity (Wildman–Crippen MR) is 99.1 cm³/mol. The van der Waals surface area contributed by atoms with Crippen molar-refractivity contribution in [1.82, 2.24) is 9.88 Å². The van der Waals surface area contributed by atoms with Crippen LogP contribution in [-0.4, -0.2) is 54.2 Å². The summed E-state index contributed by atoms with van der Waals surface area (Å²) in [5.41, 5.74) is -0.381. The Morgan fingerprint density at radius 2 is 2.04 bits per heavy atom. The van der Waals surface area contributed by atoms with Crippen LogP contribution in [0.15, 0.2) is 28.4 Å². The summed E-state index contributed by atoms with van der Waals surface area (Å²) < 4.78 is 5.46. The highest BCUT2D eigenvalue weighted by Gasteiger charge is 2.39. The van der Waals surface area contributed by atoms with Crippen molar-refractivity contribution in [2.24, 2.45) is 10.2 Å². The number of nitrogens with zero attached hydrogens (tertiary/aromatic N) is 5. The quantitative estimate of drug-likeness (QED) is 0.672. The van der Waals surface area contributed by atoms with Gasteiger partial charge in [0.25, 0.3) is 0 Å². The molecule has 0 N–H and O–H groups in total. The molecule has 0 atom stereocenters.